The minimum absolute atomic E-state index is 0.0347. The Kier molecular flexibility index (Phi) is 10.8. The van der Waals surface area contributed by atoms with Crippen LogP contribution in [0.1, 0.15) is 54.6 Å². The van der Waals surface area contributed by atoms with Crippen molar-refractivity contribution in [2.75, 3.05) is 55.6 Å². The third-order valence-electron chi connectivity index (χ3n) is 10.4. The van der Waals surface area contributed by atoms with Gasteiger partial charge in [0.05, 0.1) is 22.3 Å². The summed E-state index contributed by atoms with van der Waals surface area (Å²) < 4.78 is 6.07. The third kappa shape index (κ3) is 8.46. The molecule has 0 unspecified atom stereocenters. The molecule has 3 aliphatic rings. The van der Waals surface area contributed by atoms with Crippen molar-refractivity contribution in [1.82, 2.24) is 30.4 Å². The van der Waals surface area contributed by atoms with Crippen molar-refractivity contribution >= 4 is 29.0 Å². The fourth-order valence-electron chi connectivity index (χ4n) is 7.43. The van der Waals surface area contributed by atoms with E-state index < -0.39 is 11.2 Å². The molecule has 2 aromatic heterocycles. The van der Waals surface area contributed by atoms with Crippen LogP contribution in [-0.2, 0) is 0 Å². The molecule has 4 aromatic rings. The molecule has 1 saturated carbocycles. The summed E-state index contributed by atoms with van der Waals surface area (Å²) in [6, 6.07) is 18.8. The van der Waals surface area contributed by atoms with E-state index in [9.17, 15) is 14.4 Å². The smallest absolute Gasteiger partial charge is 0.325 e. The van der Waals surface area contributed by atoms with Crippen molar-refractivity contribution in [1.29, 1.82) is 5.26 Å². The number of carbonyl (C=O) groups is 1. The van der Waals surface area contributed by atoms with E-state index in [2.05, 4.69) is 46.3 Å². The number of nitriles is 1. The van der Waals surface area contributed by atoms with Crippen molar-refractivity contribution in [2.45, 2.75) is 50.7 Å². The average molecular weight is 724 g/mol. The average Bonchev–Trinajstić information content (AvgIpc) is 3.16. The van der Waals surface area contributed by atoms with E-state index in [1.807, 2.05) is 30.3 Å². The maximum absolute atomic E-state index is 13.0. The Morgan fingerprint density at radius 1 is 0.904 bits per heavy atom. The fraction of sp³-hybridized carbons (Fsp3) is 0.421. The van der Waals surface area contributed by atoms with Crippen LogP contribution in [0.25, 0.3) is 11.1 Å². The molecule has 2 aliphatic heterocycles. The van der Waals surface area contributed by atoms with Gasteiger partial charge in [0.25, 0.3) is 11.5 Å². The van der Waals surface area contributed by atoms with Gasteiger partial charge in [-0.05, 0) is 86.4 Å². The molecule has 52 heavy (non-hydrogen) atoms. The molecule has 0 spiro atoms. The van der Waals surface area contributed by atoms with E-state index >= 15 is 0 Å². The Bertz CT molecular complexity index is 2000. The highest BCUT2D eigenvalue weighted by Gasteiger charge is 2.27. The lowest BCUT2D eigenvalue weighted by molar-refractivity contribution is 0.0888. The van der Waals surface area contributed by atoms with E-state index in [1.54, 1.807) is 24.3 Å². The number of benzene rings is 2. The monoisotopic (exact) mass is 723 g/mol. The largest absolute Gasteiger partial charge is 0.490 e. The molecule has 3 fully saturated rings. The topological polar surface area (TPSA) is 163 Å². The van der Waals surface area contributed by atoms with Crippen LogP contribution in [0.4, 0.5) is 11.5 Å². The SMILES string of the molecule is N#Cc1ccc(OC2CCC(NC(=O)c3ccc(N4CCC(CN5CCN(c6ccc(-c7c[nH]c(=O)[nH]c7=O)cc6)CC5)CC4)nn3)CC2)cc1Cl. The number of ether oxygens (including phenoxy) is 1. The van der Waals surface area contributed by atoms with Gasteiger partial charge in [-0.25, -0.2) is 4.79 Å². The third-order valence-corrected chi connectivity index (χ3v) is 10.8. The second-order valence-electron chi connectivity index (χ2n) is 13.8. The number of H-pyrrole nitrogens is 2. The zero-order valence-corrected chi connectivity index (χ0v) is 29.6. The van der Waals surface area contributed by atoms with Gasteiger partial charge in [-0.15, -0.1) is 10.2 Å². The maximum atomic E-state index is 13.0. The van der Waals surface area contributed by atoms with E-state index in [-0.39, 0.29) is 18.1 Å². The number of carbonyl (C=O) groups excluding carboxylic acids is 1. The Hall–Kier alpha value is -5.19. The van der Waals surface area contributed by atoms with Crippen LogP contribution in [0.15, 0.2) is 70.4 Å². The van der Waals surface area contributed by atoms with Gasteiger partial charge in [-0.3, -0.25) is 19.5 Å². The van der Waals surface area contributed by atoms with Gasteiger partial charge in [0.1, 0.15) is 11.8 Å². The van der Waals surface area contributed by atoms with Gasteiger partial charge in [0.2, 0.25) is 0 Å². The minimum Gasteiger partial charge on any atom is -0.490 e. The second kappa shape index (κ2) is 16.0. The van der Waals surface area contributed by atoms with Crippen LogP contribution in [0, 0.1) is 17.2 Å². The zero-order valence-electron chi connectivity index (χ0n) is 28.9. The summed E-state index contributed by atoms with van der Waals surface area (Å²) in [5.41, 5.74) is 2.18. The van der Waals surface area contributed by atoms with Crippen molar-refractivity contribution in [3.63, 3.8) is 0 Å². The van der Waals surface area contributed by atoms with Crippen LogP contribution < -0.4 is 31.1 Å². The number of hydrogen-bond acceptors (Lipinski definition) is 10. The normalized spacial score (nSPS) is 19.9. The lowest BCUT2D eigenvalue weighted by Crippen LogP contribution is -2.49. The molecule has 13 nitrogen and oxygen atoms in total. The number of piperazine rings is 1. The highest BCUT2D eigenvalue weighted by atomic mass is 35.5. The number of piperidine rings is 1. The summed E-state index contributed by atoms with van der Waals surface area (Å²) in [6.07, 6.45) is 6.87. The van der Waals surface area contributed by atoms with E-state index in [1.165, 1.54) is 6.20 Å². The Labute approximate surface area is 306 Å². The second-order valence-corrected chi connectivity index (χ2v) is 14.3. The number of rotatable bonds is 9. The Morgan fingerprint density at radius 3 is 2.31 bits per heavy atom. The van der Waals surface area contributed by atoms with Crippen molar-refractivity contribution in [2.24, 2.45) is 5.92 Å². The molecule has 1 amide bonds. The first kappa shape index (κ1) is 35.2. The number of aromatic amines is 2. The van der Waals surface area contributed by atoms with Gasteiger partial charge >= 0.3 is 5.69 Å². The molecule has 0 radical (unpaired) electrons. The number of halogens is 1. The minimum atomic E-state index is -0.511. The maximum Gasteiger partial charge on any atom is 0.325 e. The molecule has 0 bridgehead atoms. The van der Waals surface area contributed by atoms with Gasteiger partial charge in [0.15, 0.2) is 11.5 Å². The highest BCUT2D eigenvalue weighted by Crippen LogP contribution is 2.28. The summed E-state index contributed by atoms with van der Waals surface area (Å²) in [5.74, 6) is 1.87. The number of amides is 1. The zero-order chi connectivity index (χ0) is 36.0. The molecule has 3 N–H and O–H groups in total. The van der Waals surface area contributed by atoms with Crippen molar-refractivity contribution in [3.8, 4) is 22.9 Å². The standard InChI is InChI=1S/C38H42ClN9O4/c39-33-21-31(8-3-27(33)22-40)52-30-9-4-28(5-10-30)42-37(50)34-11-12-35(45-44-34)48-15-13-25(14-16-48)24-46-17-19-47(20-18-46)29-6-1-26(2-7-29)32-23-41-38(51)43-36(32)49/h1-3,6-8,11-12,21,23,25,28,30H,4-5,9-10,13-20,24H2,(H,42,50)(H2,41,43,49,51). The van der Waals surface area contributed by atoms with Crippen LogP contribution in [0.5, 0.6) is 5.75 Å². The molecule has 14 heteroatoms. The predicted molar refractivity (Wildman–Crippen MR) is 199 cm³/mol. The van der Waals surface area contributed by atoms with E-state index in [0.29, 0.717) is 33.5 Å². The highest BCUT2D eigenvalue weighted by molar-refractivity contribution is 6.31. The summed E-state index contributed by atoms with van der Waals surface area (Å²) in [4.78, 5) is 48.4. The molecule has 1 aliphatic carbocycles. The number of anilines is 2. The summed E-state index contributed by atoms with van der Waals surface area (Å²) in [7, 11) is 0. The van der Waals surface area contributed by atoms with Gasteiger partial charge in [0, 0.05) is 69.8 Å². The summed E-state index contributed by atoms with van der Waals surface area (Å²) in [5, 5.41) is 21.3. The lowest BCUT2D eigenvalue weighted by Gasteiger charge is -2.39. The fourth-order valence-corrected chi connectivity index (χ4v) is 7.64. The molecular weight excluding hydrogens is 682 g/mol. The molecule has 2 saturated heterocycles. The molecular formula is C38H42ClN9O4. The molecule has 0 atom stereocenters. The Morgan fingerprint density at radius 2 is 1.65 bits per heavy atom. The van der Waals surface area contributed by atoms with E-state index in [4.69, 9.17) is 21.6 Å². The first-order valence-corrected chi connectivity index (χ1v) is 18.3. The van der Waals surface area contributed by atoms with Gasteiger partial charge in [-0.1, -0.05) is 23.7 Å². The quantitative estimate of drug-likeness (QED) is 0.228. The predicted octanol–water partition coefficient (Wildman–Crippen LogP) is 4.20. The molecule has 270 valence electrons. The number of hydrogen-bond donors (Lipinski definition) is 3. The number of aromatic nitrogens is 4. The van der Waals surface area contributed by atoms with Crippen molar-refractivity contribution in [3.05, 3.63) is 97.9 Å². The van der Waals surface area contributed by atoms with Crippen molar-refractivity contribution < 1.29 is 9.53 Å². The first-order valence-electron chi connectivity index (χ1n) is 18.0. The first-order chi connectivity index (χ1) is 25.3. The molecule has 4 heterocycles. The number of nitrogens with one attached hydrogen (secondary N) is 3. The van der Waals surface area contributed by atoms with Crippen LogP contribution in [0.3, 0.4) is 0 Å². The van der Waals surface area contributed by atoms with Gasteiger partial charge in [-0.2, -0.15) is 5.26 Å². The Balaban J connectivity index is 0.809. The molecule has 7 rings (SSSR count). The number of nitrogens with zero attached hydrogens (tertiary/aromatic N) is 6. The van der Waals surface area contributed by atoms with Gasteiger partial charge < -0.3 is 24.8 Å². The van der Waals surface area contributed by atoms with Crippen LogP contribution >= 0.6 is 11.6 Å². The summed E-state index contributed by atoms with van der Waals surface area (Å²) in [6.45, 7) is 6.79. The van der Waals surface area contributed by atoms with Crippen LogP contribution in [0.2, 0.25) is 5.02 Å². The molecule has 2 aromatic carbocycles. The summed E-state index contributed by atoms with van der Waals surface area (Å²) >= 11 is 6.14. The lowest BCUT2D eigenvalue weighted by atomic mass is 9.93. The van der Waals surface area contributed by atoms with E-state index in [0.717, 1.165) is 101 Å². The van der Waals surface area contributed by atoms with Crippen LogP contribution in [-0.4, -0.2) is 88.9 Å².